The second kappa shape index (κ2) is 13.3. The molecule has 1 aromatic carbocycles. The number of halogens is 1. The number of alkyl halides is 1. The summed E-state index contributed by atoms with van der Waals surface area (Å²) in [6.07, 6.45) is 26.6. The monoisotopic (exact) mass is 454 g/mol. The van der Waals surface area contributed by atoms with Crippen molar-refractivity contribution in [2.75, 3.05) is 0 Å². The zero-order valence-electron chi connectivity index (χ0n) is 21.6. The molecule has 3 aliphatic carbocycles. The van der Waals surface area contributed by atoms with Crippen LogP contribution in [-0.2, 0) is 13.1 Å². The topological polar surface area (TPSA) is 0 Å². The molecule has 0 unspecified atom stereocenters. The van der Waals surface area contributed by atoms with Gasteiger partial charge in [-0.1, -0.05) is 82.6 Å². The zero-order valence-corrected chi connectivity index (χ0v) is 21.6. The van der Waals surface area contributed by atoms with Crippen LogP contribution in [0.3, 0.4) is 0 Å². The van der Waals surface area contributed by atoms with Crippen molar-refractivity contribution in [3.63, 3.8) is 0 Å². The van der Waals surface area contributed by atoms with Crippen LogP contribution in [0.5, 0.6) is 0 Å². The molecule has 0 heterocycles. The van der Waals surface area contributed by atoms with Gasteiger partial charge in [-0.3, -0.25) is 0 Å². The lowest BCUT2D eigenvalue weighted by atomic mass is 9.64. The lowest BCUT2D eigenvalue weighted by Gasteiger charge is -2.41. The van der Waals surface area contributed by atoms with Crippen molar-refractivity contribution in [2.45, 2.75) is 129 Å². The Morgan fingerprint density at radius 3 is 1.45 bits per heavy atom. The lowest BCUT2D eigenvalue weighted by molar-refractivity contribution is 0.102. The number of aryl methyl sites for hydroxylation is 1. The van der Waals surface area contributed by atoms with E-state index in [0.717, 1.165) is 41.1 Å². The fourth-order valence-corrected chi connectivity index (χ4v) is 7.83. The fraction of sp³-hybridized carbons (Fsp3) is 0.812. The van der Waals surface area contributed by atoms with Crippen LogP contribution in [0.25, 0.3) is 0 Å². The van der Waals surface area contributed by atoms with E-state index in [-0.39, 0.29) is 6.67 Å². The molecular weight excluding hydrogens is 403 g/mol. The minimum absolute atomic E-state index is 0.341. The Hall–Kier alpha value is -0.850. The maximum Gasteiger partial charge on any atom is 0.115 e. The first kappa shape index (κ1) is 25.2. The van der Waals surface area contributed by atoms with E-state index in [9.17, 15) is 4.39 Å². The molecule has 3 fully saturated rings. The van der Waals surface area contributed by atoms with E-state index in [1.54, 1.807) is 25.7 Å². The standard InChI is InChI=1S/C32H51F/c1-2-3-4-5-25-12-16-29(17-13-25)31-20-22-32(23-21-31)30-18-14-27(15-19-30)7-6-26-8-10-28(24-33)11-9-26/h8-11,25,27,29-32H,2-7,12-24H2,1H3/t25-,27?,29-,30?,31-,32-. The molecule has 0 radical (unpaired) electrons. The maximum absolute atomic E-state index is 12.7. The van der Waals surface area contributed by atoms with Gasteiger partial charge in [-0.25, -0.2) is 4.39 Å². The SMILES string of the molecule is CCCCC[C@H]1CC[C@H]([C@H]2CC[C@H](C3CCC(CCc4ccc(CF)cc4)CC3)CC2)CC1. The molecule has 3 aliphatic rings. The van der Waals surface area contributed by atoms with Gasteiger partial charge in [-0.15, -0.1) is 0 Å². The molecule has 4 rings (SSSR count). The molecule has 186 valence electrons. The molecule has 1 heteroatoms. The predicted octanol–water partition coefficient (Wildman–Crippen LogP) is 10.1. The van der Waals surface area contributed by atoms with E-state index < -0.39 is 0 Å². The van der Waals surface area contributed by atoms with Gasteiger partial charge in [0.1, 0.15) is 6.67 Å². The Labute approximate surface area is 204 Å². The van der Waals surface area contributed by atoms with Crippen LogP contribution in [-0.4, -0.2) is 0 Å². The van der Waals surface area contributed by atoms with Crippen molar-refractivity contribution in [1.29, 1.82) is 0 Å². The van der Waals surface area contributed by atoms with Gasteiger partial charge in [0.15, 0.2) is 0 Å². The van der Waals surface area contributed by atoms with Crippen molar-refractivity contribution in [3.05, 3.63) is 35.4 Å². The quantitative estimate of drug-likeness (QED) is 0.308. The number of unbranched alkanes of at least 4 members (excludes halogenated alkanes) is 2. The first-order valence-corrected chi connectivity index (χ1v) is 14.9. The van der Waals surface area contributed by atoms with E-state index in [2.05, 4.69) is 19.1 Å². The Balaban J connectivity index is 1.10. The highest BCUT2D eigenvalue weighted by Gasteiger charge is 2.34. The van der Waals surface area contributed by atoms with Crippen molar-refractivity contribution >= 4 is 0 Å². The van der Waals surface area contributed by atoms with E-state index >= 15 is 0 Å². The minimum Gasteiger partial charge on any atom is -0.246 e. The summed E-state index contributed by atoms with van der Waals surface area (Å²) in [5.74, 6) is 6.20. The second-order valence-electron chi connectivity index (χ2n) is 12.2. The average molecular weight is 455 g/mol. The minimum atomic E-state index is -0.341. The van der Waals surface area contributed by atoms with Crippen molar-refractivity contribution < 1.29 is 4.39 Å². The third kappa shape index (κ3) is 7.57. The summed E-state index contributed by atoms with van der Waals surface area (Å²) in [4.78, 5) is 0. The van der Waals surface area contributed by atoms with Crippen molar-refractivity contribution in [3.8, 4) is 0 Å². The maximum atomic E-state index is 12.7. The summed E-state index contributed by atoms with van der Waals surface area (Å²) in [5, 5.41) is 0. The molecule has 0 aromatic heterocycles. The fourth-order valence-electron chi connectivity index (χ4n) is 7.83. The van der Waals surface area contributed by atoms with Crippen molar-refractivity contribution in [2.24, 2.45) is 35.5 Å². The highest BCUT2D eigenvalue weighted by molar-refractivity contribution is 5.22. The first-order chi connectivity index (χ1) is 16.2. The van der Waals surface area contributed by atoms with Crippen LogP contribution in [0.15, 0.2) is 24.3 Å². The molecule has 0 spiro atoms. The van der Waals surface area contributed by atoms with Gasteiger partial charge in [-0.05, 0) is 111 Å². The zero-order chi connectivity index (χ0) is 22.9. The predicted molar refractivity (Wildman–Crippen MR) is 140 cm³/mol. The summed E-state index contributed by atoms with van der Waals surface area (Å²) < 4.78 is 12.7. The number of hydrogen-bond donors (Lipinski definition) is 0. The van der Waals surface area contributed by atoms with Gasteiger partial charge in [0, 0.05) is 0 Å². The molecule has 33 heavy (non-hydrogen) atoms. The second-order valence-corrected chi connectivity index (χ2v) is 12.2. The summed E-state index contributed by atoms with van der Waals surface area (Å²) in [6, 6.07) is 8.19. The normalized spacial score (nSPS) is 33.2. The van der Waals surface area contributed by atoms with Gasteiger partial charge in [0.25, 0.3) is 0 Å². The Kier molecular flexibility index (Phi) is 10.2. The Bertz CT molecular complexity index is 640. The van der Waals surface area contributed by atoms with E-state index in [4.69, 9.17) is 0 Å². The van der Waals surface area contributed by atoms with Gasteiger partial charge in [-0.2, -0.15) is 0 Å². The molecule has 1 aromatic rings. The Morgan fingerprint density at radius 2 is 1.00 bits per heavy atom. The van der Waals surface area contributed by atoms with Gasteiger partial charge in [0.2, 0.25) is 0 Å². The number of hydrogen-bond acceptors (Lipinski definition) is 0. The molecule has 0 atom stereocenters. The van der Waals surface area contributed by atoms with Crippen LogP contribution < -0.4 is 0 Å². The van der Waals surface area contributed by atoms with E-state index in [1.165, 1.54) is 95.5 Å². The molecule has 0 aliphatic heterocycles. The van der Waals surface area contributed by atoms with Crippen molar-refractivity contribution in [1.82, 2.24) is 0 Å². The van der Waals surface area contributed by atoms with E-state index in [1.807, 2.05) is 12.1 Å². The van der Waals surface area contributed by atoms with Crippen LogP contribution in [0, 0.1) is 35.5 Å². The Morgan fingerprint density at radius 1 is 0.576 bits per heavy atom. The molecule has 0 amide bonds. The molecule has 0 bridgehead atoms. The van der Waals surface area contributed by atoms with Gasteiger partial charge >= 0.3 is 0 Å². The molecule has 0 nitrogen and oxygen atoms in total. The van der Waals surface area contributed by atoms with Crippen LogP contribution in [0.1, 0.15) is 127 Å². The lowest BCUT2D eigenvalue weighted by Crippen LogP contribution is -2.29. The summed E-state index contributed by atoms with van der Waals surface area (Å²) in [7, 11) is 0. The highest BCUT2D eigenvalue weighted by Crippen LogP contribution is 2.46. The number of benzene rings is 1. The van der Waals surface area contributed by atoms with Gasteiger partial charge < -0.3 is 0 Å². The summed E-state index contributed by atoms with van der Waals surface area (Å²) in [5.41, 5.74) is 2.20. The van der Waals surface area contributed by atoms with Crippen LogP contribution in [0.2, 0.25) is 0 Å². The molecular formula is C32H51F. The average Bonchev–Trinajstić information content (AvgIpc) is 2.89. The summed E-state index contributed by atoms with van der Waals surface area (Å²) in [6.45, 7) is 1.99. The number of rotatable bonds is 10. The first-order valence-electron chi connectivity index (χ1n) is 14.9. The third-order valence-electron chi connectivity index (χ3n) is 10.2. The molecule has 0 saturated heterocycles. The molecule has 0 N–H and O–H groups in total. The highest BCUT2D eigenvalue weighted by atomic mass is 19.1. The molecule has 3 saturated carbocycles. The summed E-state index contributed by atoms with van der Waals surface area (Å²) >= 11 is 0. The third-order valence-corrected chi connectivity index (χ3v) is 10.2. The largest absolute Gasteiger partial charge is 0.246 e. The van der Waals surface area contributed by atoms with Crippen LogP contribution in [0.4, 0.5) is 4.39 Å². The smallest absolute Gasteiger partial charge is 0.115 e. The van der Waals surface area contributed by atoms with Crippen LogP contribution >= 0.6 is 0 Å². The van der Waals surface area contributed by atoms with E-state index in [0.29, 0.717) is 0 Å². The van der Waals surface area contributed by atoms with Gasteiger partial charge in [0.05, 0.1) is 0 Å².